The van der Waals surface area contributed by atoms with Crippen LogP contribution in [0.1, 0.15) is 64.3 Å². The van der Waals surface area contributed by atoms with Crippen molar-refractivity contribution in [2.45, 2.75) is 76.0 Å². The average Bonchev–Trinajstić information content (AvgIpc) is 3.18. The number of nitrogens with zero attached hydrogens (tertiary/aromatic N) is 4. The maximum absolute atomic E-state index is 14.6. The lowest BCUT2D eigenvalue weighted by atomic mass is 9.83. The third kappa shape index (κ3) is 5.47. The zero-order chi connectivity index (χ0) is 26.3. The van der Waals surface area contributed by atoms with Crippen molar-refractivity contribution in [2.75, 3.05) is 10.6 Å². The zero-order valence-corrected chi connectivity index (χ0v) is 21.2. The summed E-state index contributed by atoms with van der Waals surface area (Å²) >= 11 is 6.14. The van der Waals surface area contributed by atoms with Crippen molar-refractivity contribution < 1.29 is 18.7 Å². The third-order valence-corrected chi connectivity index (χ3v) is 7.73. The van der Waals surface area contributed by atoms with E-state index in [1.165, 1.54) is 0 Å². The molecule has 9 nitrogen and oxygen atoms in total. The predicted octanol–water partition coefficient (Wildman–Crippen LogP) is 4.82. The van der Waals surface area contributed by atoms with Crippen LogP contribution in [0.3, 0.4) is 0 Å². The summed E-state index contributed by atoms with van der Waals surface area (Å²) in [4.78, 5) is 25.5. The molecule has 5 N–H and O–H groups in total. The number of rotatable bonds is 6. The summed E-state index contributed by atoms with van der Waals surface area (Å²) < 4.78 is 30.1. The van der Waals surface area contributed by atoms with Crippen LogP contribution < -0.4 is 16.4 Å². The number of anilines is 3. The average molecular weight is 534 g/mol. The molecule has 0 unspecified atom stereocenters. The minimum absolute atomic E-state index is 0.0216. The number of carbonyl (C=O) groups excluding carboxylic acids is 1. The number of amides is 1. The van der Waals surface area contributed by atoms with Crippen molar-refractivity contribution >= 4 is 46.3 Å². The highest BCUT2D eigenvalue weighted by molar-refractivity contribution is 6.33. The molecule has 198 valence electrons. The van der Waals surface area contributed by atoms with Crippen LogP contribution in [0.25, 0.3) is 11.2 Å². The first-order valence-corrected chi connectivity index (χ1v) is 12.9. The number of nitrogens with two attached hydrogens (primary N) is 1. The number of primary amides is 1. The molecule has 0 aliphatic heterocycles. The highest BCUT2D eigenvalue weighted by Gasteiger charge is 2.32. The van der Waals surface area contributed by atoms with E-state index in [-0.39, 0.29) is 40.6 Å². The number of hydrogen-bond acceptors (Lipinski definition) is 7. The van der Waals surface area contributed by atoms with E-state index in [1.807, 2.05) is 11.5 Å². The van der Waals surface area contributed by atoms with Crippen LogP contribution in [0.4, 0.5) is 26.4 Å². The lowest BCUT2D eigenvalue weighted by molar-refractivity contribution is -0.122. The number of imidazole rings is 1. The molecule has 0 bridgehead atoms. The molecule has 3 aromatic rings. The monoisotopic (exact) mass is 533 g/mol. The number of halogens is 3. The summed E-state index contributed by atoms with van der Waals surface area (Å²) in [7, 11) is 0. The van der Waals surface area contributed by atoms with Gasteiger partial charge in [-0.25, -0.2) is 18.7 Å². The highest BCUT2D eigenvalue weighted by atomic mass is 35.5. The first kappa shape index (κ1) is 25.6. The van der Waals surface area contributed by atoms with Gasteiger partial charge in [0.2, 0.25) is 17.8 Å². The molecule has 2 aliphatic rings. The second-order valence-corrected chi connectivity index (χ2v) is 10.8. The van der Waals surface area contributed by atoms with Crippen molar-refractivity contribution in [2.24, 2.45) is 11.7 Å². The predicted molar refractivity (Wildman–Crippen MR) is 137 cm³/mol. The van der Waals surface area contributed by atoms with Gasteiger partial charge in [-0.05, 0) is 64.4 Å². The van der Waals surface area contributed by atoms with E-state index in [4.69, 9.17) is 22.3 Å². The summed E-state index contributed by atoms with van der Waals surface area (Å²) in [5.74, 6) is -1.45. The molecular formula is C25H30ClF2N7O2. The number of aliphatic hydroxyl groups is 1. The van der Waals surface area contributed by atoms with Crippen LogP contribution in [0.15, 0.2) is 18.3 Å². The first-order valence-electron chi connectivity index (χ1n) is 12.5. The Labute approximate surface area is 217 Å². The van der Waals surface area contributed by atoms with Gasteiger partial charge in [-0.2, -0.15) is 4.98 Å². The van der Waals surface area contributed by atoms with E-state index >= 15 is 0 Å². The van der Waals surface area contributed by atoms with Crippen molar-refractivity contribution in [3.63, 3.8) is 0 Å². The molecule has 2 atom stereocenters. The van der Waals surface area contributed by atoms with Crippen LogP contribution in [0.5, 0.6) is 0 Å². The molecule has 0 radical (unpaired) electrons. The van der Waals surface area contributed by atoms with Gasteiger partial charge in [-0.1, -0.05) is 11.6 Å². The fourth-order valence-electron chi connectivity index (χ4n) is 5.56. The number of aromatic nitrogens is 4. The third-order valence-electron chi connectivity index (χ3n) is 7.43. The Morgan fingerprint density at radius 3 is 2.65 bits per heavy atom. The fourth-order valence-corrected chi connectivity index (χ4v) is 5.80. The molecular weight excluding hydrogens is 504 g/mol. The van der Waals surface area contributed by atoms with Gasteiger partial charge >= 0.3 is 0 Å². The van der Waals surface area contributed by atoms with Gasteiger partial charge in [-0.15, -0.1) is 0 Å². The van der Waals surface area contributed by atoms with E-state index in [0.717, 1.165) is 31.4 Å². The Morgan fingerprint density at radius 2 is 1.97 bits per heavy atom. The van der Waals surface area contributed by atoms with E-state index in [2.05, 4.69) is 20.6 Å². The topological polar surface area (TPSA) is 131 Å². The van der Waals surface area contributed by atoms with Gasteiger partial charge in [0, 0.05) is 24.1 Å². The van der Waals surface area contributed by atoms with Crippen LogP contribution >= 0.6 is 11.6 Å². The number of fused-ring (bicyclic) bond motifs is 1. The smallest absolute Gasteiger partial charge is 0.224 e. The standard InChI is InChI=1S/C25H30ClF2N7O2/c1-25(37)8-2-3-15(11-25)31-23-30-12-19-22(34-23)35(16-6-4-13(5-7-16)21(29)36)24(32-19)33-20-17(26)9-14(27)10-18(20)28/h9-10,12-13,15-16,37H,2-8,11H2,1H3,(H2,29,36)(H,32,33)(H,30,31,34)/t13-,15-,16+,25+/m1/s1. The van der Waals surface area contributed by atoms with Crippen molar-refractivity contribution in [3.05, 3.63) is 35.0 Å². The van der Waals surface area contributed by atoms with Crippen LogP contribution in [-0.4, -0.2) is 42.2 Å². The molecule has 1 aromatic carbocycles. The van der Waals surface area contributed by atoms with Crippen molar-refractivity contribution in [3.8, 4) is 0 Å². The molecule has 2 aliphatic carbocycles. The molecule has 2 saturated carbocycles. The van der Waals surface area contributed by atoms with Gasteiger partial charge in [0.25, 0.3) is 0 Å². The minimum atomic E-state index is -0.848. The first-order chi connectivity index (χ1) is 17.6. The van der Waals surface area contributed by atoms with Crippen LogP contribution in [0.2, 0.25) is 5.02 Å². The highest BCUT2D eigenvalue weighted by Crippen LogP contribution is 2.38. The summed E-state index contributed by atoms with van der Waals surface area (Å²) in [5.41, 5.74) is 5.70. The van der Waals surface area contributed by atoms with E-state index in [1.54, 1.807) is 6.20 Å². The number of carbonyl (C=O) groups is 1. The molecule has 1 amide bonds. The second kappa shape index (κ2) is 10.0. The maximum Gasteiger partial charge on any atom is 0.224 e. The molecule has 2 fully saturated rings. The zero-order valence-electron chi connectivity index (χ0n) is 20.5. The molecule has 2 heterocycles. The maximum atomic E-state index is 14.6. The van der Waals surface area contributed by atoms with Crippen LogP contribution in [0, 0.1) is 17.6 Å². The Balaban J connectivity index is 1.51. The Morgan fingerprint density at radius 1 is 1.22 bits per heavy atom. The quantitative estimate of drug-likeness (QED) is 0.357. The van der Waals surface area contributed by atoms with Crippen LogP contribution in [-0.2, 0) is 4.79 Å². The van der Waals surface area contributed by atoms with Crippen molar-refractivity contribution in [1.29, 1.82) is 0 Å². The number of nitrogens with one attached hydrogen (secondary N) is 2. The Bertz CT molecular complexity index is 1300. The number of hydrogen-bond donors (Lipinski definition) is 4. The van der Waals surface area contributed by atoms with Gasteiger partial charge in [0.05, 0.1) is 22.5 Å². The van der Waals surface area contributed by atoms with E-state index < -0.39 is 17.2 Å². The summed E-state index contributed by atoms with van der Waals surface area (Å²) in [6, 6.07) is 1.70. The lowest BCUT2D eigenvalue weighted by Crippen LogP contribution is -2.38. The van der Waals surface area contributed by atoms with Gasteiger partial charge in [-0.3, -0.25) is 9.36 Å². The summed E-state index contributed by atoms with van der Waals surface area (Å²) in [6.07, 6.45) is 7.22. The van der Waals surface area contributed by atoms with Crippen molar-refractivity contribution in [1.82, 2.24) is 19.5 Å². The second-order valence-electron chi connectivity index (χ2n) is 10.4. The molecule has 37 heavy (non-hydrogen) atoms. The molecule has 12 heteroatoms. The minimum Gasteiger partial charge on any atom is -0.390 e. The fraction of sp³-hybridized carbons (Fsp3) is 0.520. The Hall–Kier alpha value is -3.05. The summed E-state index contributed by atoms with van der Waals surface area (Å²) in [5, 5.41) is 16.6. The van der Waals surface area contributed by atoms with Gasteiger partial charge in [0.1, 0.15) is 11.3 Å². The van der Waals surface area contributed by atoms with Gasteiger partial charge in [0.15, 0.2) is 11.5 Å². The SMILES string of the molecule is C[C@]1(O)CCC[C@@H](Nc2ncc3nc(Nc4c(F)cc(F)cc4Cl)n([C@H]4CC[C@@H](C(N)=O)CC4)c3n2)C1. The summed E-state index contributed by atoms with van der Waals surface area (Å²) in [6.45, 7) is 1.83. The largest absolute Gasteiger partial charge is 0.390 e. The van der Waals surface area contributed by atoms with Gasteiger partial charge < -0.3 is 21.5 Å². The Kier molecular flexibility index (Phi) is 6.93. The van der Waals surface area contributed by atoms with E-state index in [0.29, 0.717) is 49.2 Å². The van der Waals surface area contributed by atoms with E-state index in [9.17, 15) is 18.7 Å². The number of benzene rings is 1. The normalized spacial score (nSPS) is 26.2. The molecule has 2 aromatic heterocycles. The lowest BCUT2D eigenvalue weighted by Gasteiger charge is -2.34. The molecule has 0 saturated heterocycles. The molecule has 0 spiro atoms. The molecule has 5 rings (SSSR count).